The fourth-order valence-corrected chi connectivity index (χ4v) is 4.48. The van der Waals surface area contributed by atoms with Crippen LogP contribution in [0.5, 0.6) is 0 Å². The van der Waals surface area contributed by atoms with Gasteiger partial charge in [-0.05, 0) is 18.2 Å². The first-order valence-corrected chi connectivity index (χ1v) is 11.1. The van der Waals surface area contributed by atoms with E-state index in [1.807, 2.05) is 4.90 Å². The van der Waals surface area contributed by atoms with Crippen LogP contribution in [0.3, 0.4) is 0 Å². The lowest BCUT2D eigenvalue weighted by Gasteiger charge is -2.26. The summed E-state index contributed by atoms with van der Waals surface area (Å²) in [6.45, 7) is 2.79. The van der Waals surface area contributed by atoms with Crippen molar-refractivity contribution in [3.05, 3.63) is 46.5 Å². The summed E-state index contributed by atoms with van der Waals surface area (Å²) in [6, 6.07) is 3.04. The number of carbonyl (C=O) groups is 1. The lowest BCUT2D eigenvalue weighted by Crippen LogP contribution is -2.37. The van der Waals surface area contributed by atoms with Crippen molar-refractivity contribution in [1.82, 2.24) is 19.6 Å². The smallest absolute Gasteiger partial charge is 0.241 e. The number of benzene rings is 1. The van der Waals surface area contributed by atoms with Crippen LogP contribution in [-0.2, 0) is 32.6 Å². The summed E-state index contributed by atoms with van der Waals surface area (Å²) in [5.74, 6) is -0.531. The number of ether oxygens (including phenoxy) is 1. The van der Waals surface area contributed by atoms with E-state index < -0.39 is 28.3 Å². The van der Waals surface area contributed by atoms with E-state index in [0.717, 1.165) is 29.5 Å². The Balaban J connectivity index is 1.38. The van der Waals surface area contributed by atoms with Crippen LogP contribution in [-0.4, -0.2) is 62.0 Å². The highest BCUT2D eigenvalue weighted by molar-refractivity contribution is 7.89. The van der Waals surface area contributed by atoms with E-state index in [1.54, 1.807) is 6.20 Å². The van der Waals surface area contributed by atoms with Gasteiger partial charge in [0.2, 0.25) is 21.9 Å². The Morgan fingerprint density at radius 1 is 1.27 bits per heavy atom. The molecule has 0 saturated carbocycles. The maximum atomic E-state index is 13.3. The van der Waals surface area contributed by atoms with Gasteiger partial charge in [-0.3, -0.25) is 4.79 Å². The van der Waals surface area contributed by atoms with Crippen molar-refractivity contribution in [2.75, 3.05) is 37.7 Å². The highest BCUT2D eigenvalue weighted by Crippen LogP contribution is 2.23. The van der Waals surface area contributed by atoms with Crippen LogP contribution < -0.4 is 9.62 Å². The zero-order valence-corrected chi connectivity index (χ0v) is 17.4. The van der Waals surface area contributed by atoms with Crippen LogP contribution in [0, 0.1) is 5.82 Å². The molecular weight excluding hydrogens is 437 g/mol. The molecule has 2 aromatic rings. The molecule has 12 heteroatoms. The summed E-state index contributed by atoms with van der Waals surface area (Å²) in [7, 11) is -4.01. The third-order valence-electron chi connectivity index (χ3n) is 4.90. The van der Waals surface area contributed by atoms with E-state index in [0.29, 0.717) is 38.8 Å². The third kappa shape index (κ3) is 4.38. The number of rotatable bonds is 5. The number of nitrogens with zero attached hydrogens (tertiary/aromatic N) is 4. The largest absolute Gasteiger partial charge is 0.378 e. The number of nitrogens with one attached hydrogen (secondary N) is 1. The van der Waals surface area contributed by atoms with Gasteiger partial charge >= 0.3 is 0 Å². The molecule has 0 unspecified atom stereocenters. The van der Waals surface area contributed by atoms with Crippen LogP contribution in [0.15, 0.2) is 29.3 Å². The minimum Gasteiger partial charge on any atom is -0.378 e. The highest BCUT2D eigenvalue weighted by atomic mass is 35.5. The van der Waals surface area contributed by atoms with Crippen LogP contribution in [0.1, 0.15) is 11.3 Å². The zero-order chi connectivity index (χ0) is 21.3. The Hall–Kier alpha value is -2.34. The number of amides is 1. The van der Waals surface area contributed by atoms with Gasteiger partial charge in [0, 0.05) is 31.4 Å². The Morgan fingerprint density at radius 3 is 2.77 bits per heavy atom. The molecule has 1 aromatic heterocycles. The monoisotopic (exact) mass is 455 g/mol. The molecule has 3 heterocycles. The van der Waals surface area contributed by atoms with E-state index in [-0.39, 0.29) is 16.5 Å². The van der Waals surface area contributed by atoms with Gasteiger partial charge in [0.05, 0.1) is 41.9 Å². The summed E-state index contributed by atoms with van der Waals surface area (Å²) in [6.07, 6.45) is 1.70. The Morgan fingerprint density at radius 2 is 2.03 bits per heavy atom. The van der Waals surface area contributed by atoms with E-state index >= 15 is 0 Å². The highest BCUT2D eigenvalue weighted by Gasteiger charge is 2.27. The number of hydrogen-bond acceptors (Lipinski definition) is 7. The molecule has 160 valence electrons. The van der Waals surface area contributed by atoms with Gasteiger partial charge in [-0.25, -0.2) is 27.5 Å². The molecular formula is C18H19ClFN5O4S. The molecule has 0 atom stereocenters. The summed E-state index contributed by atoms with van der Waals surface area (Å²) < 4.78 is 45.5. The number of sulfonamides is 1. The topological polar surface area (TPSA) is 105 Å². The number of fused-ring (bicyclic) bond motifs is 1. The molecule has 1 N–H and O–H groups in total. The summed E-state index contributed by atoms with van der Waals surface area (Å²) in [5.41, 5.74) is 1.57. The van der Waals surface area contributed by atoms with Gasteiger partial charge in [-0.1, -0.05) is 11.6 Å². The number of carbonyl (C=O) groups excluding carboxylic acids is 1. The van der Waals surface area contributed by atoms with E-state index in [4.69, 9.17) is 16.3 Å². The second-order valence-electron chi connectivity index (χ2n) is 6.89. The quantitative estimate of drug-likeness (QED) is 0.715. The maximum Gasteiger partial charge on any atom is 0.241 e. The van der Waals surface area contributed by atoms with Crippen molar-refractivity contribution in [2.24, 2.45) is 0 Å². The molecule has 2 aliphatic heterocycles. The zero-order valence-electron chi connectivity index (χ0n) is 15.8. The summed E-state index contributed by atoms with van der Waals surface area (Å²) >= 11 is 5.64. The molecule has 1 amide bonds. The van der Waals surface area contributed by atoms with Crippen molar-refractivity contribution in [1.29, 1.82) is 0 Å². The van der Waals surface area contributed by atoms with Gasteiger partial charge in [-0.15, -0.1) is 0 Å². The predicted molar refractivity (Wildman–Crippen MR) is 106 cm³/mol. The molecule has 1 aromatic carbocycles. The van der Waals surface area contributed by atoms with Gasteiger partial charge in [-0.2, -0.15) is 0 Å². The summed E-state index contributed by atoms with van der Waals surface area (Å²) in [4.78, 5) is 24.8. The van der Waals surface area contributed by atoms with Crippen molar-refractivity contribution in [2.45, 2.75) is 18.0 Å². The van der Waals surface area contributed by atoms with Crippen LogP contribution in [0.4, 0.5) is 10.3 Å². The predicted octanol–water partition coefficient (Wildman–Crippen LogP) is 0.926. The van der Waals surface area contributed by atoms with Crippen molar-refractivity contribution in [3.63, 3.8) is 0 Å². The number of anilines is 1. The first kappa shape index (κ1) is 20.9. The number of hydrogen-bond donors (Lipinski definition) is 1. The molecule has 1 fully saturated rings. The van der Waals surface area contributed by atoms with Crippen LogP contribution >= 0.6 is 11.6 Å². The fourth-order valence-electron chi connectivity index (χ4n) is 3.23. The minimum atomic E-state index is -4.01. The second-order valence-corrected chi connectivity index (χ2v) is 9.07. The standard InChI is InChI=1S/C18H19ClFN5O4S/c19-14-7-13(1-2-15(14)20)30(27,28)22-9-17(26)25-10-12-8-21-18(23-16(12)11-25)24-3-5-29-6-4-24/h1-2,7-8,22H,3-6,9-11H2. The van der Waals surface area contributed by atoms with Gasteiger partial charge in [0.1, 0.15) is 5.82 Å². The Labute approximate surface area is 177 Å². The molecule has 4 rings (SSSR count). The van der Waals surface area contributed by atoms with E-state index in [1.165, 1.54) is 4.90 Å². The molecule has 0 bridgehead atoms. The van der Waals surface area contributed by atoms with Gasteiger partial charge in [0.25, 0.3) is 0 Å². The van der Waals surface area contributed by atoms with E-state index in [2.05, 4.69) is 14.7 Å². The first-order chi connectivity index (χ1) is 14.3. The van der Waals surface area contributed by atoms with Gasteiger partial charge in [0.15, 0.2) is 0 Å². The molecule has 1 saturated heterocycles. The van der Waals surface area contributed by atoms with Crippen LogP contribution in [0.2, 0.25) is 5.02 Å². The fraction of sp³-hybridized carbons (Fsp3) is 0.389. The third-order valence-corrected chi connectivity index (χ3v) is 6.59. The number of halogens is 2. The number of morpholine rings is 1. The lowest BCUT2D eigenvalue weighted by atomic mass is 10.3. The Kier molecular flexibility index (Phi) is 5.87. The normalized spacial score (nSPS) is 16.6. The average molecular weight is 456 g/mol. The van der Waals surface area contributed by atoms with Crippen molar-refractivity contribution in [3.8, 4) is 0 Å². The molecule has 0 radical (unpaired) electrons. The Bertz CT molecular complexity index is 1080. The lowest BCUT2D eigenvalue weighted by molar-refractivity contribution is -0.130. The number of aromatic nitrogens is 2. The molecule has 30 heavy (non-hydrogen) atoms. The molecule has 2 aliphatic rings. The minimum absolute atomic E-state index is 0.215. The molecule has 0 aliphatic carbocycles. The second kappa shape index (κ2) is 8.42. The van der Waals surface area contributed by atoms with Crippen molar-refractivity contribution < 1.29 is 22.3 Å². The van der Waals surface area contributed by atoms with Crippen molar-refractivity contribution >= 4 is 33.5 Å². The first-order valence-electron chi connectivity index (χ1n) is 9.23. The molecule has 0 spiro atoms. The van der Waals surface area contributed by atoms with Crippen LogP contribution in [0.25, 0.3) is 0 Å². The van der Waals surface area contributed by atoms with E-state index in [9.17, 15) is 17.6 Å². The van der Waals surface area contributed by atoms with Gasteiger partial charge < -0.3 is 14.5 Å². The molecule has 9 nitrogen and oxygen atoms in total. The average Bonchev–Trinajstić information content (AvgIpc) is 3.18. The summed E-state index contributed by atoms with van der Waals surface area (Å²) in [5, 5.41) is -0.311. The maximum absolute atomic E-state index is 13.3. The SMILES string of the molecule is O=C(CNS(=O)(=O)c1ccc(F)c(Cl)c1)N1Cc2cnc(N3CCOCC3)nc2C1.